The summed E-state index contributed by atoms with van der Waals surface area (Å²) >= 11 is 0. The predicted octanol–water partition coefficient (Wildman–Crippen LogP) is 2.15. The van der Waals surface area contributed by atoms with Crippen molar-refractivity contribution in [2.45, 2.75) is 31.0 Å². The van der Waals surface area contributed by atoms with Crippen LogP contribution in [0.25, 0.3) is 11.1 Å². The van der Waals surface area contributed by atoms with Crippen molar-refractivity contribution in [3.05, 3.63) is 59.7 Å². The minimum absolute atomic E-state index is 0.111. The molecule has 2 saturated heterocycles. The van der Waals surface area contributed by atoms with Crippen molar-refractivity contribution in [2.24, 2.45) is 5.92 Å². The molecule has 0 radical (unpaired) electrons. The molecule has 0 spiro atoms. The molecule has 2 aromatic carbocycles. The molecular weight excluding hydrogens is 364 g/mol. The normalized spacial score (nSPS) is 23.6. The lowest BCUT2D eigenvalue weighted by Gasteiger charge is -2.17. The van der Waals surface area contributed by atoms with Gasteiger partial charge in [0.1, 0.15) is 6.04 Å². The van der Waals surface area contributed by atoms with Gasteiger partial charge in [-0.3, -0.25) is 4.79 Å². The van der Waals surface area contributed by atoms with Crippen LogP contribution >= 0.6 is 0 Å². The van der Waals surface area contributed by atoms with Crippen molar-refractivity contribution >= 4 is 5.91 Å². The highest BCUT2D eigenvalue weighted by Crippen LogP contribution is 2.26. The summed E-state index contributed by atoms with van der Waals surface area (Å²) in [6, 6.07) is 19.1. The summed E-state index contributed by atoms with van der Waals surface area (Å²) in [5, 5.41) is 24.6. The fourth-order valence-corrected chi connectivity index (χ4v) is 4.03. The molecule has 0 aliphatic carbocycles. The van der Waals surface area contributed by atoms with E-state index in [9.17, 15) is 10.1 Å². The van der Waals surface area contributed by atoms with Gasteiger partial charge in [-0.15, -0.1) is 0 Å². The first-order valence-electron chi connectivity index (χ1n) is 9.79. The molecule has 6 heteroatoms. The molecule has 0 aromatic heterocycles. The number of nitrogens with one attached hydrogen (secondary N) is 2. The van der Waals surface area contributed by atoms with Gasteiger partial charge in [0.25, 0.3) is 0 Å². The van der Waals surface area contributed by atoms with Crippen LogP contribution in [0.2, 0.25) is 0 Å². The van der Waals surface area contributed by atoms with E-state index in [1.807, 2.05) is 36.4 Å². The van der Waals surface area contributed by atoms with Gasteiger partial charge in [0.2, 0.25) is 5.91 Å². The van der Waals surface area contributed by atoms with Gasteiger partial charge >= 0.3 is 0 Å². The molecule has 2 N–H and O–H groups in total. The average Bonchev–Trinajstić information content (AvgIpc) is 3.36. The maximum absolute atomic E-state index is 12.5. The van der Waals surface area contributed by atoms with E-state index >= 15 is 0 Å². The molecule has 2 aliphatic heterocycles. The average molecular weight is 386 g/mol. The number of rotatable bonds is 5. The lowest BCUT2D eigenvalue weighted by atomic mass is 10.00. The van der Waals surface area contributed by atoms with Crippen LogP contribution in [0.3, 0.4) is 0 Å². The van der Waals surface area contributed by atoms with Gasteiger partial charge in [0.15, 0.2) is 0 Å². The van der Waals surface area contributed by atoms with E-state index in [0.717, 1.165) is 23.1 Å². The minimum atomic E-state index is -0.568. The largest absolute Gasteiger partial charge is 0.379 e. The first kappa shape index (κ1) is 19.1. The molecule has 6 nitrogen and oxygen atoms in total. The minimum Gasteiger partial charge on any atom is -0.379 e. The van der Waals surface area contributed by atoms with Crippen molar-refractivity contribution in [1.82, 2.24) is 10.6 Å². The lowest BCUT2D eigenvalue weighted by molar-refractivity contribution is -0.123. The van der Waals surface area contributed by atoms with E-state index < -0.39 is 6.04 Å². The van der Waals surface area contributed by atoms with Gasteiger partial charge in [-0.25, -0.2) is 0 Å². The van der Waals surface area contributed by atoms with Crippen LogP contribution in [-0.4, -0.2) is 37.2 Å². The van der Waals surface area contributed by atoms with Crippen LogP contribution < -0.4 is 10.6 Å². The summed E-state index contributed by atoms with van der Waals surface area (Å²) in [4.78, 5) is 12.5. The zero-order chi connectivity index (χ0) is 20.2. The summed E-state index contributed by atoms with van der Waals surface area (Å²) < 4.78 is 5.41. The van der Waals surface area contributed by atoms with E-state index in [2.05, 4.69) is 22.8 Å². The molecule has 1 unspecified atom stereocenters. The van der Waals surface area contributed by atoms with Crippen LogP contribution in [0, 0.1) is 28.6 Å². The number of amides is 1. The predicted molar refractivity (Wildman–Crippen MR) is 107 cm³/mol. The Bertz CT molecular complexity index is 944. The standard InChI is InChI=1S/C23H22N4O2/c24-11-16-3-7-18(8-4-16)17-5-1-15(2-6-17)9-20(12-25)26-23(28)21-10-19-13-29-14-22(19)27-21/h1-8,19-22,27H,9-10,13-14H2,(H,26,28)/t19-,20+,21?,22+/m1/s1. The molecule has 0 saturated carbocycles. The molecule has 4 atom stereocenters. The zero-order valence-corrected chi connectivity index (χ0v) is 16.0. The van der Waals surface area contributed by atoms with E-state index in [0.29, 0.717) is 31.1 Å². The Kier molecular flexibility index (Phi) is 5.57. The number of nitrogens with zero attached hydrogens (tertiary/aromatic N) is 2. The first-order valence-corrected chi connectivity index (χ1v) is 9.79. The SMILES string of the molecule is N#Cc1ccc(-c2ccc(C[C@@H](C#N)NC(=O)C3C[C@@H]4COC[C@@H]4N3)cc2)cc1. The van der Waals surface area contributed by atoms with Crippen LogP contribution in [0.5, 0.6) is 0 Å². The Labute approximate surface area is 170 Å². The Hall–Kier alpha value is -3.19. The van der Waals surface area contributed by atoms with E-state index in [1.165, 1.54) is 0 Å². The van der Waals surface area contributed by atoms with Crippen molar-refractivity contribution in [3.63, 3.8) is 0 Å². The summed E-state index contributed by atoms with van der Waals surface area (Å²) in [6.45, 7) is 1.36. The number of hydrogen-bond acceptors (Lipinski definition) is 5. The van der Waals surface area contributed by atoms with E-state index in [4.69, 9.17) is 10.00 Å². The van der Waals surface area contributed by atoms with Crippen molar-refractivity contribution in [3.8, 4) is 23.3 Å². The third kappa shape index (κ3) is 4.30. The van der Waals surface area contributed by atoms with Gasteiger partial charge < -0.3 is 15.4 Å². The molecule has 4 rings (SSSR count). The Morgan fingerprint density at radius 3 is 2.41 bits per heavy atom. The highest BCUT2D eigenvalue weighted by molar-refractivity contribution is 5.82. The first-order chi connectivity index (χ1) is 14.2. The van der Waals surface area contributed by atoms with Crippen molar-refractivity contribution in [2.75, 3.05) is 13.2 Å². The highest BCUT2D eigenvalue weighted by atomic mass is 16.5. The number of benzene rings is 2. The van der Waals surface area contributed by atoms with Crippen LogP contribution in [0.4, 0.5) is 0 Å². The summed E-state index contributed by atoms with van der Waals surface area (Å²) in [5.74, 6) is 0.279. The quantitative estimate of drug-likeness (QED) is 0.821. The van der Waals surface area contributed by atoms with Gasteiger partial charge in [0, 0.05) is 18.4 Å². The van der Waals surface area contributed by atoms with Crippen LogP contribution in [0.1, 0.15) is 17.5 Å². The number of carbonyl (C=O) groups excluding carboxylic acids is 1. The maximum Gasteiger partial charge on any atom is 0.238 e. The second-order valence-corrected chi connectivity index (χ2v) is 7.64. The second kappa shape index (κ2) is 8.45. The van der Waals surface area contributed by atoms with E-state index in [1.54, 1.807) is 12.1 Å². The van der Waals surface area contributed by atoms with E-state index in [-0.39, 0.29) is 18.0 Å². The van der Waals surface area contributed by atoms with Crippen molar-refractivity contribution in [1.29, 1.82) is 10.5 Å². The molecule has 146 valence electrons. The van der Waals surface area contributed by atoms with Gasteiger partial charge in [-0.05, 0) is 35.2 Å². The Balaban J connectivity index is 1.35. The maximum atomic E-state index is 12.5. The summed E-state index contributed by atoms with van der Waals surface area (Å²) in [7, 11) is 0. The number of carbonyl (C=O) groups is 1. The fourth-order valence-electron chi connectivity index (χ4n) is 4.03. The smallest absolute Gasteiger partial charge is 0.238 e. The number of nitriles is 2. The Morgan fingerprint density at radius 2 is 1.79 bits per heavy atom. The molecule has 29 heavy (non-hydrogen) atoms. The molecule has 2 aromatic rings. The molecule has 2 aliphatic rings. The topological polar surface area (TPSA) is 97.9 Å². The third-order valence-corrected chi connectivity index (χ3v) is 5.68. The number of fused-ring (bicyclic) bond motifs is 1. The lowest BCUT2D eigenvalue weighted by Crippen LogP contribution is -2.47. The van der Waals surface area contributed by atoms with Crippen LogP contribution in [0.15, 0.2) is 48.5 Å². The summed E-state index contributed by atoms with van der Waals surface area (Å²) in [6.07, 6.45) is 1.21. The second-order valence-electron chi connectivity index (χ2n) is 7.64. The fraction of sp³-hybridized carbons (Fsp3) is 0.348. The van der Waals surface area contributed by atoms with Gasteiger partial charge in [0.05, 0.1) is 37.0 Å². The Morgan fingerprint density at radius 1 is 1.10 bits per heavy atom. The highest BCUT2D eigenvalue weighted by Gasteiger charge is 2.40. The molecule has 2 fully saturated rings. The number of ether oxygens (including phenoxy) is 1. The van der Waals surface area contributed by atoms with Crippen molar-refractivity contribution < 1.29 is 9.53 Å². The molecule has 2 heterocycles. The van der Waals surface area contributed by atoms with Gasteiger partial charge in [-0.1, -0.05) is 36.4 Å². The van der Waals surface area contributed by atoms with Gasteiger partial charge in [-0.2, -0.15) is 10.5 Å². The van der Waals surface area contributed by atoms with Crippen LogP contribution in [-0.2, 0) is 16.0 Å². The number of hydrogen-bond donors (Lipinski definition) is 2. The molecule has 0 bridgehead atoms. The zero-order valence-electron chi connectivity index (χ0n) is 16.0. The molecular formula is C23H22N4O2. The molecule has 1 amide bonds. The third-order valence-electron chi connectivity index (χ3n) is 5.68. The summed E-state index contributed by atoms with van der Waals surface area (Å²) in [5.41, 5.74) is 3.69. The monoisotopic (exact) mass is 386 g/mol.